The van der Waals surface area contributed by atoms with Gasteiger partial charge < -0.3 is 10.5 Å². The Balaban J connectivity index is 2.51. The molecule has 138 valence electrons. The maximum atomic E-state index is 6.06. The molecule has 0 unspecified atom stereocenters. The highest BCUT2D eigenvalue weighted by atomic mass is 16.5. The highest BCUT2D eigenvalue weighted by Gasteiger charge is 2.16. The van der Waals surface area contributed by atoms with Crippen molar-refractivity contribution >= 4 is 17.1 Å². The Morgan fingerprint density at radius 1 is 1.27 bits per heavy atom. The van der Waals surface area contributed by atoms with Gasteiger partial charge in [-0.05, 0) is 65.3 Å². The Hall–Kier alpha value is -2.75. The van der Waals surface area contributed by atoms with Gasteiger partial charge in [-0.25, -0.2) is 4.68 Å². The summed E-state index contributed by atoms with van der Waals surface area (Å²) < 4.78 is 7.94. The second-order valence-electron chi connectivity index (χ2n) is 7.04. The second kappa shape index (κ2) is 8.56. The summed E-state index contributed by atoms with van der Waals surface area (Å²) in [4.78, 5) is 0. The minimum absolute atomic E-state index is 0.257. The van der Waals surface area contributed by atoms with Crippen LogP contribution in [0, 0.1) is 0 Å². The monoisotopic (exact) mass is 351 g/mol. The number of anilines is 1. The molecule has 1 aliphatic rings. The van der Waals surface area contributed by atoms with Gasteiger partial charge >= 0.3 is 0 Å². The second-order valence-corrected chi connectivity index (χ2v) is 7.04. The van der Waals surface area contributed by atoms with Crippen LogP contribution in [0.25, 0.3) is 11.3 Å². The first kappa shape index (κ1) is 19.6. The largest absolute Gasteiger partial charge is 0.488 e. The molecule has 0 radical (unpaired) electrons. The van der Waals surface area contributed by atoms with Crippen LogP contribution in [0.4, 0.5) is 5.82 Å². The maximum absolute atomic E-state index is 6.06. The van der Waals surface area contributed by atoms with Gasteiger partial charge in [0, 0.05) is 11.6 Å². The summed E-state index contributed by atoms with van der Waals surface area (Å²) in [5.74, 6) is 1.32. The lowest BCUT2D eigenvalue weighted by molar-refractivity contribution is 0.0601. The first-order chi connectivity index (χ1) is 12.3. The summed E-state index contributed by atoms with van der Waals surface area (Å²) in [6.07, 6.45) is 19.1. The fourth-order valence-corrected chi connectivity index (χ4v) is 2.60. The van der Waals surface area contributed by atoms with E-state index in [0.29, 0.717) is 5.82 Å². The third-order valence-electron chi connectivity index (χ3n) is 3.54. The van der Waals surface area contributed by atoms with E-state index in [0.717, 1.165) is 29.1 Å². The molecule has 1 aromatic rings. The number of nitrogens with zero attached hydrogens (tertiary/aromatic N) is 2. The van der Waals surface area contributed by atoms with Gasteiger partial charge in [0.05, 0.1) is 11.4 Å². The van der Waals surface area contributed by atoms with E-state index in [2.05, 4.69) is 17.3 Å². The van der Waals surface area contributed by atoms with Crippen LogP contribution >= 0.6 is 0 Å². The van der Waals surface area contributed by atoms with Crippen molar-refractivity contribution in [3.05, 3.63) is 72.2 Å². The molecule has 0 spiro atoms. The molecule has 1 heterocycles. The number of hydrogen-bond donors (Lipinski definition) is 1. The number of rotatable bonds is 5. The van der Waals surface area contributed by atoms with E-state index in [9.17, 15) is 0 Å². The highest BCUT2D eigenvalue weighted by Crippen LogP contribution is 2.28. The van der Waals surface area contributed by atoms with E-state index in [4.69, 9.17) is 10.5 Å². The molecule has 0 aromatic carbocycles. The Bertz CT molecular complexity index is 809. The fourth-order valence-electron chi connectivity index (χ4n) is 2.60. The summed E-state index contributed by atoms with van der Waals surface area (Å²) in [5, 5.41) is 4.50. The van der Waals surface area contributed by atoms with Crippen molar-refractivity contribution in [1.82, 2.24) is 9.78 Å². The molecule has 2 N–H and O–H groups in total. The van der Waals surface area contributed by atoms with E-state index in [1.165, 1.54) is 0 Å². The zero-order valence-electron chi connectivity index (χ0n) is 16.4. The smallest absolute Gasteiger partial charge is 0.146 e. The highest BCUT2D eigenvalue weighted by molar-refractivity contribution is 5.78. The number of aromatic nitrogens is 2. The average Bonchev–Trinajstić information content (AvgIpc) is 2.79. The molecule has 4 nitrogen and oxygen atoms in total. The summed E-state index contributed by atoms with van der Waals surface area (Å²) in [7, 11) is 0. The number of allylic oxidation sites excluding steroid dienone is 11. The molecular weight excluding hydrogens is 322 g/mol. The van der Waals surface area contributed by atoms with Crippen molar-refractivity contribution in [2.24, 2.45) is 0 Å². The predicted octanol–water partition coefficient (Wildman–Crippen LogP) is 5.50. The summed E-state index contributed by atoms with van der Waals surface area (Å²) >= 11 is 0. The van der Waals surface area contributed by atoms with Crippen LogP contribution in [-0.2, 0) is 4.74 Å². The molecule has 2 rings (SSSR count). The Morgan fingerprint density at radius 3 is 2.69 bits per heavy atom. The van der Waals surface area contributed by atoms with Gasteiger partial charge in [0.15, 0.2) is 0 Å². The summed E-state index contributed by atoms with van der Waals surface area (Å²) in [5.41, 5.74) is 8.69. The third-order valence-corrected chi connectivity index (χ3v) is 3.54. The molecule has 0 bridgehead atoms. The quantitative estimate of drug-likeness (QED) is 0.713. The third kappa shape index (κ3) is 5.38. The lowest BCUT2D eigenvalue weighted by atomic mass is 10.1. The molecule has 0 fully saturated rings. The molecule has 26 heavy (non-hydrogen) atoms. The molecular formula is C22H29N3O. The Labute approximate surface area is 156 Å². The van der Waals surface area contributed by atoms with Crippen LogP contribution in [0.1, 0.15) is 46.7 Å². The van der Waals surface area contributed by atoms with Gasteiger partial charge in [-0.2, -0.15) is 5.10 Å². The van der Waals surface area contributed by atoms with Crippen LogP contribution in [-0.4, -0.2) is 15.4 Å². The van der Waals surface area contributed by atoms with E-state index < -0.39 is 0 Å². The molecule has 4 heteroatoms. The SMILES string of the molecule is C\C=C/C=C(\C=C/C)n1nc(N)cc1C1=CCC=CC(OC(C)(C)C)=C1. The van der Waals surface area contributed by atoms with Gasteiger partial charge in [-0.3, -0.25) is 0 Å². The minimum atomic E-state index is -0.257. The number of hydrogen-bond acceptors (Lipinski definition) is 3. The zero-order chi connectivity index (χ0) is 19.2. The maximum Gasteiger partial charge on any atom is 0.146 e. The molecule has 1 aromatic heterocycles. The number of nitrogen functional groups attached to an aromatic ring is 1. The van der Waals surface area contributed by atoms with Gasteiger partial charge in [-0.15, -0.1) is 0 Å². The van der Waals surface area contributed by atoms with Crippen LogP contribution in [0.3, 0.4) is 0 Å². The zero-order valence-corrected chi connectivity index (χ0v) is 16.4. The minimum Gasteiger partial charge on any atom is -0.488 e. The lowest BCUT2D eigenvalue weighted by Crippen LogP contribution is -2.18. The van der Waals surface area contributed by atoms with Crippen molar-refractivity contribution < 1.29 is 4.74 Å². The van der Waals surface area contributed by atoms with Crippen molar-refractivity contribution in [2.45, 2.75) is 46.6 Å². The van der Waals surface area contributed by atoms with Gasteiger partial charge in [0.1, 0.15) is 17.2 Å². The number of ether oxygens (including phenoxy) is 1. The topological polar surface area (TPSA) is 53.1 Å². The van der Waals surface area contributed by atoms with Crippen LogP contribution in [0.5, 0.6) is 0 Å². The van der Waals surface area contributed by atoms with E-state index in [1.807, 2.05) is 87.9 Å². The van der Waals surface area contributed by atoms with Crippen molar-refractivity contribution in [1.29, 1.82) is 0 Å². The standard InChI is InChI=1S/C22H29N3O/c1-6-8-13-18(11-7-2)25-20(16-21(23)24-25)17-12-9-10-14-19(15-17)26-22(3,4)5/h6-8,10-16H,9H2,1-5H3,(H2,23,24)/b8-6-,11-7-,18-13+. The van der Waals surface area contributed by atoms with E-state index >= 15 is 0 Å². The first-order valence-electron chi connectivity index (χ1n) is 8.93. The van der Waals surface area contributed by atoms with Gasteiger partial charge in [0.25, 0.3) is 0 Å². The van der Waals surface area contributed by atoms with Crippen molar-refractivity contribution in [3.8, 4) is 0 Å². The molecule has 0 saturated carbocycles. The normalized spacial score (nSPS) is 16.1. The van der Waals surface area contributed by atoms with Crippen molar-refractivity contribution in [2.75, 3.05) is 5.73 Å². The molecule has 0 amide bonds. The fraction of sp³-hybridized carbons (Fsp3) is 0.318. The summed E-state index contributed by atoms with van der Waals surface area (Å²) in [6, 6.07) is 1.90. The molecule has 0 saturated heterocycles. The molecule has 0 aliphatic heterocycles. The van der Waals surface area contributed by atoms with Crippen molar-refractivity contribution in [3.63, 3.8) is 0 Å². The van der Waals surface area contributed by atoms with Crippen LogP contribution < -0.4 is 5.73 Å². The molecule has 1 aliphatic carbocycles. The Morgan fingerprint density at radius 2 is 2.04 bits per heavy atom. The summed E-state index contributed by atoms with van der Waals surface area (Å²) in [6.45, 7) is 10.1. The van der Waals surface area contributed by atoms with E-state index in [-0.39, 0.29) is 5.60 Å². The van der Waals surface area contributed by atoms with Crippen LogP contribution in [0.2, 0.25) is 0 Å². The van der Waals surface area contributed by atoms with Gasteiger partial charge in [-0.1, -0.05) is 30.4 Å². The lowest BCUT2D eigenvalue weighted by Gasteiger charge is -2.22. The predicted molar refractivity (Wildman–Crippen MR) is 111 cm³/mol. The van der Waals surface area contributed by atoms with E-state index in [1.54, 1.807) is 0 Å². The van der Waals surface area contributed by atoms with Crippen LogP contribution in [0.15, 0.2) is 66.5 Å². The molecule has 0 atom stereocenters. The van der Waals surface area contributed by atoms with Gasteiger partial charge in [0.2, 0.25) is 0 Å². The first-order valence-corrected chi connectivity index (χ1v) is 8.93. The number of nitrogens with two attached hydrogens (primary N) is 1. The average molecular weight is 351 g/mol. The Kier molecular flexibility index (Phi) is 6.45.